The van der Waals surface area contributed by atoms with E-state index >= 15 is 0 Å². The number of carbonyl (C=O) groups excluding carboxylic acids is 1. The number of imidazole rings is 1. The predicted molar refractivity (Wildman–Crippen MR) is 113 cm³/mol. The van der Waals surface area contributed by atoms with Crippen LogP contribution in [0.25, 0.3) is 11.0 Å². The number of nitro benzene ring substituents is 1. The number of aromatic nitrogens is 2. The number of ether oxygens (including phenoxy) is 1. The highest BCUT2D eigenvalue weighted by atomic mass is 35.5. The molecule has 0 spiro atoms. The third-order valence-electron chi connectivity index (χ3n) is 4.58. The van der Waals surface area contributed by atoms with Gasteiger partial charge in [-0.2, -0.15) is 0 Å². The number of sulfonamides is 1. The highest BCUT2D eigenvalue weighted by Gasteiger charge is 2.20. The number of esters is 1. The molecule has 0 fully saturated rings. The number of hydrogen-bond donors (Lipinski definition) is 1. The molecule has 0 atom stereocenters. The van der Waals surface area contributed by atoms with Gasteiger partial charge in [-0.05, 0) is 30.7 Å². The van der Waals surface area contributed by atoms with Crippen molar-refractivity contribution in [3.63, 3.8) is 0 Å². The van der Waals surface area contributed by atoms with E-state index < -0.39 is 20.9 Å². The first-order chi connectivity index (χ1) is 14.6. The molecule has 31 heavy (non-hydrogen) atoms. The van der Waals surface area contributed by atoms with Gasteiger partial charge in [0.2, 0.25) is 10.0 Å². The molecule has 2 N–H and O–H groups in total. The largest absolute Gasteiger partial charge is 0.454 e. The summed E-state index contributed by atoms with van der Waals surface area (Å²) in [4.78, 5) is 27.1. The van der Waals surface area contributed by atoms with Crippen molar-refractivity contribution in [2.24, 2.45) is 5.14 Å². The molecule has 2 aromatic carbocycles. The highest BCUT2D eigenvalue weighted by Crippen LogP contribution is 2.24. The Hall–Kier alpha value is -3.02. The molecule has 0 unspecified atom stereocenters. The lowest BCUT2D eigenvalue weighted by Gasteiger charge is -2.10. The molecular weight excluding hydrogens is 448 g/mol. The first kappa shape index (κ1) is 22.7. The second kappa shape index (κ2) is 9.00. The Balaban J connectivity index is 1.92. The molecule has 0 aliphatic carbocycles. The van der Waals surface area contributed by atoms with Gasteiger partial charge in [0.1, 0.15) is 12.4 Å². The maximum absolute atomic E-state index is 12.5. The normalized spacial score (nSPS) is 11.6. The number of nitro groups is 1. The van der Waals surface area contributed by atoms with Gasteiger partial charge in [-0.3, -0.25) is 10.1 Å². The number of aryl methyl sites for hydroxylation is 1. The number of benzene rings is 2. The van der Waals surface area contributed by atoms with Crippen LogP contribution in [0.4, 0.5) is 5.69 Å². The molecular formula is C19H19ClN4O6S. The predicted octanol–water partition coefficient (Wildman–Crippen LogP) is 3.40. The number of rotatable bonds is 8. The van der Waals surface area contributed by atoms with E-state index in [0.717, 1.165) is 18.9 Å². The molecule has 0 saturated heterocycles. The fourth-order valence-corrected chi connectivity index (χ4v) is 3.73. The van der Waals surface area contributed by atoms with Crippen molar-refractivity contribution < 1.29 is 22.9 Å². The lowest BCUT2D eigenvalue weighted by Crippen LogP contribution is -2.12. The molecule has 3 rings (SSSR count). The molecule has 0 aliphatic rings. The fourth-order valence-electron chi connectivity index (χ4n) is 3.00. The monoisotopic (exact) mass is 466 g/mol. The Morgan fingerprint density at radius 3 is 2.68 bits per heavy atom. The molecule has 0 amide bonds. The molecule has 0 bridgehead atoms. The zero-order valence-electron chi connectivity index (χ0n) is 16.4. The average Bonchev–Trinajstić information content (AvgIpc) is 3.06. The summed E-state index contributed by atoms with van der Waals surface area (Å²) in [6.45, 7) is 2.36. The lowest BCUT2D eigenvalue weighted by molar-refractivity contribution is -0.384. The van der Waals surface area contributed by atoms with Gasteiger partial charge in [-0.15, -0.1) is 0 Å². The smallest absolute Gasteiger partial charge is 0.340 e. The second-order valence-corrected chi connectivity index (χ2v) is 8.69. The van der Waals surface area contributed by atoms with Crippen LogP contribution < -0.4 is 5.14 Å². The number of halogens is 1. The van der Waals surface area contributed by atoms with E-state index in [-0.39, 0.29) is 27.8 Å². The van der Waals surface area contributed by atoms with Crippen molar-refractivity contribution in [3.8, 4) is 0 Å². The summed E-state index contributed by atoms with van der Waals surface area (Å²) in [6, 6.07) is 7.83. The SMILES string of the molecule is CCCCn1c(COC(=O)c2cc([N+](=O)[O-])ccc2Cl)nc2cc(S(N)(=O)=O)ccc21. The van der Waals surface area contributed by atoms with Gasteiger partial charge in [-0.1, -0.05) is 24.9 Å². The number of primary sulfonamides is 1. The summed E-state index contributed by atoms with van der Waals surface area (Å²) in [5.41, 5.74) is 0.632. The van der Waals surface area contributed by atoms with Crippen LogP contribution in [0.3, 0.4) is 0 Å². The summed E-state index contributed by atoms with van der Waals surface area (Å²) >= 11 is 5.99. The number of unbranched alkanes of at least 4 members (excludes halogenated alkanes) is 1. The molecule has 1 aromatic heterocycles. The summed E-state index contributed by atoms with van der Waals surface area (Å²) in [6.07, 6.45) is 1.72. The topological polar surface area (TPSA) is 147 Å². The molecule has 0 radical (unpaired) electrons. The zero-order chi connectivity index (χ0) is 22.8. The van der Waals surface area contributed by atoms with Crippen LogP contribution in [0.2, 0.25) is 5.02 Å². The summed E-state index contributed by atoms with van der Waals surface area (Å²) in [5.74, 6) is -0.446. The molecule has 164 valence electrons. The third kappa shape index (κ3) is 5.01. The van der Waals surface area contributed by atoms with E-state index in [1.54, 1.807) is 6.07 Å². The number of nitrogens with zero attached hydrogens (tertiary/aromatic N) is 3. The third-order valence-corrected chi connectivity index (χ3v) is 5.82. The van der Waals surface area contributed by atoms with Gasteiger partial charge in [0.15, 0.2) is 0 Å². The zero-order valence-corrected chi connectivity index (χ0v) is 18.0. The van der Waals surface area contributed by atoms with E-state index in [1.807, 2.05) is 11.5 Å². The average molecular weight is 467 g/mol. The van der Waals surface area contributed by atoms with Gasteiger partial charge >= 0.3 is 5.97 Å². The Morgan fingerprint density at radius 2 is 2.03 bits per heavy atom. The Kier molecular flexibility index (Phi) is 6.58. The standard InChI is InChI=1S/C19H19ClN4O6S/c1-2-3-8-23-17-7-5-13(31(21,28)29)10-16(17)22-18(23)11-30-19(25)14-9-12(24(26)27)4-6-15(14)20/h4-7,9-10H,2-3,8,11H2,1H3,(H2,21,28,29). The molecule has 0 aliphatic heterocycles. The van der Waals surface area contributed by atoms with Gasteiger partial charge in [0, 0.05) is 18.7 Å². The first-order valence-electron chi connectivity index (χ1n) is 9.25. The molecule has 0 saturated carbocycles. The van der Waals surface area contributed by atoms with Crippen LogP contribution in [-0.2, 0) is 27.9 Å². The Bertz CT molecular complexity index is 1270. The second-order valence-electron chi connectivity index (χ2n) is 6.73. The van der Waals surface area contributed by atoms with Crippen LogP contribution in [0.1, 0.15) is 35.9 Å². The first-order valence-corrected chi connectivity index (χ1v) is 11.2. The number of non-ortho nitro benzene ring substituents is 1. The van der Waals surface area contributed by atoms with Crippen LogP contribution in [0, 0.1) is 10.1 Å². The van der Waals surface area contributed by atoms with Crippen molar-refractivity contribution in [1.29, 1.82) is 0 Å². The maximum atomic E-state index is 12.5. The van der Waals surface area contributed by atoms with Gasteiger partial charge < -0.3 is 9.30 Å². The summed E-state index contributed by atoms with van der Waals surface area (Å²) < 4.78 is 30.4. The minimum atomic E-state index is -3.90. The van der Waals surface area contributed by atoms with E-state index in [1.165, 1.54) is 24.3 Å². The Morgan fingerprint density at radius 1 is 1.29 bits per heavy atom. The van der Waals surface area contributed by atoms with Gasteiger partial charge in [0.25, 0.3) is 5.69 Å². The van der Waals surface area contributed by atoms with E-state index in [2.05, 4.69) is 4.98 Å². The summed E-state index contributed by atoms with van der Waals surface area (Å²) in [5, 5.41) is 16.2. The van der Waals surface area contributed by atoms with E-state index in [4.69, 9.17) is 21.5 Å². The number of fused-ring (bicyclic) bond motifs is 1. The number of hydrogen-bond acceptors (Lipinski definition) is 7. The van der Waals surface area contributed by atoms with Crippen LogP contribution >= 0.6 is 11.6 Å². The fraction of sp³-hybridized carbons (Fsp3) is 0.263. The van der Waals surface area contributed by atoms with Crippen LogP contribution in [0.5, 0.6) is 0 Å². The molecule has 3 aromatic rings. The van der Waals surface area contributed by atoms with Crippen molar-refractivity contribution in [3.05, 3.63) is 62.9 Å². The minimum absolute atomic E-state index is 0.0212. The number of nitrogens with two attached hydrogens (primary N) is 1. The van der Waals surface area contributed by atoms with Crippen LogP contribution in [-0.4, -0.2) is 28.9 Å². The maximum Gasteiger partial charge on any atom is 0.340 e. The minimum Gasteiger partial charge on any atom is -0.454 e. The van der Waals surface area contributed by atoms with Gasteiger partial charge in [-0.25, -0.2) is 23.3 Å². The quantitative estimate of drug-likeness (QED) is 0.304. The van der Waals surface area contributed by atoms with Gasteiger partial charge in [0.05, 0.1) is 31.4 Å². The molecule has 12 heteroatoms. The van der Waals surface area contributed by atoms with E-state index in [9.17, 15) is 23.3 Å². The van der Waals surface area contributed by atoms with Crippen LogP contribution in [0.15, 0.2) is 41.3 Å². The number of carbonyl (C=O) groups is 1. The molecule has 10 nitrogen and oxygen atoms in total. The highest BCUT2D eigenvalue weighted by molar-refractivity contribution is 7.89. The van der Waals surface area contributed by atoms with Crippen molar-refractivity contribution in [2.75, 3.05) is 0 Å². The van der Waals surface area contributed by atoms with Crippen molar-refractivity contribution in [2.45, 2.75) is 37.8 Å². The summed E-state index contributed by atoms with van der Waals surface area (Å²) in [7, 11) is -3.90. The lowest BCUT2D eigenvalue weighted by atomic mass is 10.2. The van der Waals surface area contributed by atoms with Crippen molar-refractivity contribution in [1.82, 2.24) is 9.55 Å². The van der Waals surface area contributed by atoms with Crippen molar-refractivity contribution >= 4 is 44.3 Å². The van der Waals surface area contributed by atoms with E-state index in [0.29, 0.717) is 23.4 Å². The molecule has 1 heterocycles. The Labute approximate surface area is 182 Å².